The summed E-state index contributed by atoms with van der Waals surface area (Å²) in [5.41, 5.74) is 21.6. The van der Waals surface area contributed by atoms with Crippen LogP contribution in [0.5, 0.6) is 0 Å². The number of rotatable bonds is 0. The van der Waals surface area contributed by atoms with Crippen LogP contribution in [-0.2, 0) is 0 Å². The summed E-state index contributed by atoms with van der Waals surface area (Å²) in [6.07, 6.45) is 20.5. The largest absolute Gasteiger partial charge is 0.255 e. The molecule has 21 aromatic rings. The molecular formula is C120H155N13. The molecule has 0 atom stereocenters. The van der Waals surface area contributed by atoms with Crippen LogP contribution in [0.15, 0.2) is 305 Å². The van der Waals surface area contributed by atoms with Gasteiger partial charge in [-0.25, -0.2) is 0 Å². The van der Waals surface area contributed by atoms with Gasteiger partial charge in [0.2, 0.25) is 0 Å². The molecule has 0 amide bonds. The van der Waals surface area contributed by atoms with E-state index in [0.717, 1.165) is 148 Å². The molecule has 0 bridgehead atoms. The summed E-state index contributed by atoms with van der Waals surface area (Å²) in [5, 5.41) is 17.1. The Kier molecular flexibility index (Phi) is 60.4. The van der Waals surface area contributed by atoms with Crippen LogP contribution in [0.25, 0.3) is 153 Å². The molecule has 0 unspecified atom stereocenters. The van der Waals surface area contributed by atoms with Crippen LogP contribution < -0.4 is 0 Å². The van der Waals surface area contributed by atoms with Crippen molar-refractivity contribution >= 4 is 153 Å². The molecule has 13 nitrogen and oxygen atoms in total. The maximum absolute atomic E-state index is 4.60. The van der Waals surface area contributed by atoms with Crippen LogP contribution in [0, 0.1) is 48.5 Å². The summed E-state index contributed by atoms with van der Waals surface area (Å²) in [6, 6.07) is 79.9. The Morgan fingerprint density at radius 2 is 0.526 bits per heavy atom. The van der Waals surface area contributed by atoms with Gasteiger partial charge in [0.05, 0.1) is 71.7 Å². The first-order valence-electron chi connectivity index (χ1n) is 48.8. The highest BCUT2D eigenvalue weighted by molar-refractivity contribution is 6.09. The van der Waals surface area contributed by atoms with Gasteiger partial charge in [-0.1, -0.05) is 333 Å². The molecular weight excluding hydrogens is 1620 g/mol. The van der Waals surface area contributed by atoms with Crippen molar-refractivity contribution in [1.82, 2.24) is 64.8 Å². The second-order valence-corrected chi connectivity index (χ2v) is 25.9. The molecule has 21 rings (SSSR count). The van der Waals surface area contributed by atoms with Gasteiger partial charge in [-0.05, 0) is 179 Å². The van der Waals surface area contributed by atoms with Gasteiger partial charge < -0.3 is 0 Å². The molecule has 0 fully saturated rings. The minimum Gasteiger partial charge on any atom is -0.255 e. The van der Waals surface area contributed by atoms with E-state index in [1.165, 1.54) is 44.0 Å². The van der Waals surface area contributed by atoms with Crippen molar-refractivity contribution in [3.8, 4) is 0 Å². The van der Waals surface area contributed by atoms with E-state index in [1.807, 2.05) is 398 Å². The zero-order valence-electron chi connectivity index (χ0n) is 87.2. The maximum atomic E-state index is 4.60. The summed E-state index contributed by atoms with van der Waals surface area (Å²) < 4.78 is 0. The smallest absolute Gasteiger partial charge is 0.0814 e. The molecule has 13 heteroatoms. The molecule has 8 aromatic carbocycles. The molecule has 13 heterocycles. The summed E-state index contributed by atoms with van der Waals surface area (Å²) in [4.78, 5) is 57.9. The molecule has 0 aliphatic heterocycles. The fourth-order valence-electron chi connectivity index (χ4n) is 13.2. The number of benzene rings is 8. The number of aryl methyl sites for hydroxylation is 7. The monoisotopic (exact) mass is 1780 g/mol. The number of nitrogens with zero attached hydrogens (tertiary/aromatic N) is 13. The van der Waals surface area contributed by atoms with E-state index in [9.17, 15) is 0 Å². The average Bonchev–Trinajstić information content (AvgIpc) is 0.749. The SMILES string of the molecule is CC.CC.CC.CC.CC.CC.CC.CC.CC.CC.CC.CC.CC.CC.Cc1ccc2c(c1)ncc1cccnc12.Cc1ccc2ccc3ccccc3c2n1.Cc1ccc2ncc3cccnc3c2c1.Cc1cccc2c1ncc1cccnc12.Cc1ccnc2c1cnc1ccccc12.Cc1cnc2c(cnc3ccccc32)c1.Cc1nc2ccccc2c2ncccc12. The van der Waals surface area contributed by atoms with E-state index >= 15 is 0 Å². The number of aromatic nitrogens is 13. The van der Waals surface area contributed by atoms with E-state index in [4.69, 9.17) is 0 Å². The van der Waals surface area contributed by atoms with Crippen molar-refractivity contribution in [1.29, 1.82) is 0 Å². The standard InChI is InChI=1S/C14H11N.6C13H10N2.14C2H6/c1-10-6-7-12-9-8-11-4-2-3-5-13(11)14(12)15-10;1-9-4-2-6-11-12(9)15-8-10-5-3-7-14-13(10)11;1-9-4-5-12-11(7-9)13-10(8-15-12)3-2-6-14-13;1-9-4-5-11-12(7-9)15-8-10-3-2-6-14-13(10)11;1-9-10-6-4-8-14-13(10)11-5-2-3-7-12(11)15-9;1-9-6-10-8-14-12-5-3-2-4-11(12)13(10)15-7-9;1-9-6-7-14-13-10-4-2-3-5-12(10)15-8-11(9)13;14*1-2/h2-9H,1H3;6*2-8H,1H3;14*1-2H3. The number of pyridine rings is 13. The predicted molar refractivity (Wildman–Crippen MR) is 594 cm³/mol. The van der Waals surface area contributed by atoms with Crippen LogP contribution in [-0.4, -0.2) is 64.8 Å². The van der Waals surface area contributed by atoms with Crippen molar-refractivity contribution in [2.24, 2.45) is 0 Å². The number of fused-ring (bicyclic) bond motifs is 21. The van der Waals surface area contributed by atoms with Gasteiger partial charge in [0.25, 0.3) is 0 Å². The number of hydrogen-bond acceptors (Lipinski definition) is 13. The Balaban J connectivity index is 0.000000742. The van der Waals surface area contributed by atoms with Gasteiger partial charge in [-0.15, -0.1) is 0 Å². The van der Waals surface area contributed by atoms with Crippen LogP contribution in [0.3, 0.4) is 0 Å². The summed E-state index contributed by atoms with van der Waals surface area (Å²) in [7, 11) is 0. The summed E-state index contributed by atoms with van der Waals surface area (Å²) in [6.45, 7) is 70.4. The summed E-state index contributed by atoms with van der Waals surface area (Å²) >= 11 is 0. The predicted octanol–water partition coefficient (Wildman–Crippen LogP) is 36.6. The zero-order valence-corrected chi connectivity index (χ0v) is 87.2. The highest BCUT2D eigenvalue weighted by atomic mass is 14.8. The molecule has 13 aromatic heterocycles. The molecule has 0 radical (unpaired) electrons. The van der Waals surface area contributed by atoms with E-state index in [-0.39, 0.29) is 0 Å². The van der Waals surface area contributed by atoms with Crippen molar-refractivity contribution in [2.75, 3.05) is 0 Å². The van der Waals surface area contributed by atoms with E-state index < -0.39 is 0 Å². The Morgan fingerprint density at radius 1 is 0.158 bits per heavy atom. The van der Waals surface area contributed by atoms with Crippen molar-refractivity contribution in [2.45, 2.75) is 242 Å². The maximum Gasteiger partial charge on any atom is 0.0814 e. The molecule has 133 heavy (non-hydrogen) atoms. The van der Waals surface area contributed by atoms with E-state index in [2.05, 4.69) is 214 Å². The molecule has 700 valence electrons. The lowest BCUT2D eigenvalue weighted by atomic mass is 10.1. The van der Waals surface area contributed by atoms with Crippen LogP contribution in [0.2, 0.25) is 0 Å². The molecule has 0 N–H and O–H groups in total. The van der Waals surface area contributed by atoms with Gasteiger partial charge in [0, 0.05) is 155 Å². The zero-order chi connectivity index (χ0) is 99.8. The van der Waals surface area contributed by atoms with Gasteiger partial charge in [-0.2, -0.15) is 0 Å². The number of hydrogen-bond donors (Lipinski definition) is 0. The Labute approximate surface area is 798 Å². The minimum atomic E-state index is 1.00. The first-order chi connectivity index (χ1) is 65.5. The second kappa shape index (κ2) is 68.4. The van der Waals surface area contributed by atoms with Crippen molar-refractivity contribution in [3.05, 3.63) is 344 Å². The highest BCUT2D eigenvalue weighted by Gasteiger charge is 2.10. The van der Waals surface area contributed by atoms with E-state index in [0.29, 0.717) is 0 Å². The molecule has 0 spiro atoms. The van der Waals surface area contributed by atoms with Gasteiger partial charge in [0.1, 0.15) is 0 Å². The average molecular weight is 1780 g/mol. The first-order valence-corrected chi connectivity index (χ1v) is 48.8. The van der Waals surface area contributed by atoms with Crippen molar-refractivity contribution < 1.29 is 0 Å². The van der Waals surface area contributed by atoms with Crippen LogP contribution in [0.1, 0.15) is 233 Å². The minimum absolute atomic E-state index is 1.00. The molecule has 0 aliphatic rings. The third kappa shape index (κ3) is 33.0. The fraction of sp³-hybridized carbons (Fsp3) is 0.292. The summed E-state index contributed by atoms with van der Waals surface area (Å²) in [5.74, 6) is 0. The van der Waals surface area contributed by atoms with Crippen LogP contribution >= 0.6 is 0 Å². The first kappa shape index (κ1) is 117. The highest BCUT2D eigenvalue weighted by Crippen LogP contribution is 2.30. The Bertz CT molecular complexity index is 6330. The second-order valence-electron chi connectivity index (χ2n) is 25.9. The Hall–Kier alpha value is -13.7. The van der Waals surface area contributed by atoms with Crippen LogP contribution in [0.4, 0.5) is 0 Å². The lowest BCUT2D eigenvalue weighted by Gasteiger charge is -2.04. The molecule has 0 aliphatic carbocycles. The van der Waals surface area contributed by atoms with Gasteiger partial charge >= 0.3 is 0 Å². The topological polar surface area (TPSA) is 168 Å². The third-order valence-electron chi connectivity index (χ3n) is 18.5. The normalized spacial score (nSPS) is 9.32. The van der Waals surface area contributed by atoms with Gasteiger partial charge in [0.15, 0.2) is 0 Å². The molecule has 0 saturated carbocycles. The van der Waals surface area contributed by atoms with Crippen molar-refractivity contribution in [3.63, 3.8) is 0 Å². The van der Waals surface area contributed by atoms with Gasteiger partial charge in [-0.3, -0.25) is 64.8 Å². The van der Waals surface area contributed by atoms with E-state index in [1.54, 1.807) is 0 Å². The number of para-hydroxylation sites is 4. The lowest BCUT2D eigenvalue weighted by molar-refractivity contribution is 1.26. The Morgan fingerprint density at radius 3 is 1.10 bits per heavy atom. The fourth-order valence-corrected chi connectivity index (χ4v) is 13.2. The molecule has 0 saturated heterocycles. The lowest BCUT2D eigenvalue weighted by Crippen LogP contribution is -1.89. The quantitative estimate of drug-likeness (QED) is 0.132. The third-order valence-corrected chi connectivity index (χ3v) is 18.5.